The molecule has 1 aromatic heterocycles. The molecule has 0 spiro atoms. The van der Waals surface area contributed by atoms with E-state index in [1.165, 1.54) is 4.90 Å². The molecule has 3 aromatic rings. The lowest BCUT2D eigenvalue weighted by Crippen LogP contribution is -2.52. The number of carbonyl (C=O) groups is 3. The Labute approximate surface area is 231 Å². The van der Waals surface area contributed by atoms with Gasteiger partial charge in [0.2, 0.25) is 11.8 Å². The number of aromatic nitrogens is 2. The summed E-state index contributed by atoms with van der Waals surface area (Å²) in [4.78, 5) is 69.5. The highest BCUT2D eigenvalue weighted by Crippen LogP contribution is 2.29. The number of aromatic amines is 1. The molecule has 1 saturated heterocycles. The molecule has 2 atom stereocenters. The molecule has 1 saturated carbocycles. The van der Waals surface area contributed by atoms with Gasteiger partial charge < -0.3 is 20.3 Å². The van der Waals surface area contributed by atoms with E-state index >= 15 is 0 Å². The lowest BCUT2D eigenvalue weighted by molar-refractivity contribution is -0.143. The number of H-pyrrole nitrogens is 1. The van der Waals surface area contributed by atoms with Gasteiger partial charge in [-0.1, -0.05) is 42.5 Å². The van der Waals surface area contributed by atoms with Crippen molar-refractivity contribution >= 4 is 28.7 Å². The smallest absolute Gasteiger partial charge is 0.329 e. The minimum atomic E-state index is -1.12. The van der Waals surface area contributed by atoms with Crippen molar-refractivity contribution in [2.45, 2.75) is 57.0 Å². The number of hydrogen-bond donors (Lipinski definition) is 3. The molecule has 2 fully saturated rings. The Morgan fingerprint density at radius 3 is 2.38 bits per heavy atom. The van der Waals surface area contributed by atoms with Crippen LogP contribution in [0.5, 0.6) is 0 Å². The van der Waals surface area contributed by atoms with E-state index < -0.39 is 35.2 Å². The summed E-state index contributed by atoms with van der Waals surface area (Å²) >= 11 is 0. The van der Waals surface area contributed by atoms with Gasteiger partial charge in [-0.15, -0.1) is 0 Å². The molecule has 3 N–H and O–H groups in total. The molecule has 2 unspecified atom stereocenters. The number of hydrogen-bond acceptors (Lipinski definition) is 5. The van der Waals surface area contributed by atoms with E-state index in [1.54, 1.807) is 24.3 Å². The van der Waals surface area contributed by atoms with Crippen LogP contribution in [0.3, 0.4) is 0 Å². The molecule has 0 radical (unpaired) electrons. The zero-order valence-electron chi connectivity index (χ0n) is 22.3. The largest absolute Gasteiger partial charge is 0.481 e. The summed E-state index contributed by atoms with van der Waals surface area (Å²) in [5.41, 5.74) is -0.0334. The Morgan fingerprint density at radius 2 is 1.65 bits per heavy atom. The van der Waals surface area contributed by atoms with Crippen molar-refractivity contribution in [3.63, 3.8) is 0 Å². The predicted octanol–water partition coefficient (Wildman–Crippen LogP) is 2.47. The third kappa shape index (κ3) is 5.71. The molecule has 2 aliphatic rings. The van der Waals surface area contributed by atoms with Gasteiger partial charge in [-0.2, -0.15) is 0 Å². The predicted molar refractivity (Wildman–Crippen MR) is 149 cm³/mol. The Morgan fingerprint density at radius 1 is 0.950 bits per heavy atom. The van der Waals surface area contributed by atoms with Crippen LogP contribution in [0.4, 0.5) is 0 Å². The van der Waals surface area contributed by atoms with Crippen LogP contribution < -0.4 is 16.6 Å². The number of para-hydroxylation sites is 1. The van der Waals surface area contributed by atoms with Crippen LogP contribution in [0, 0.1) is 11.8 Å². The molecular formula is C30H34N4O6. The van der Waals surface area contributed by atoms with E-state index in [-0.39, 0.29) is 24.2 Å². The number of carboxylic acid groups (broad SMARTS) is 1. The van der Waals surface area contributed by atoms with Crippen molar-refractivity contribution in [1.82, 2.24) is 19.8 Å². The molecule has 10 heteroatoms. The molecule has 2 aromatic carbocycles. The van der Waals surface area contributed by atoms with E-state index in [0.717, 1.165) is 23.0 Å². The Hall–Kier alpha value is -4.21. The maximum absolute atomic E-state index is 14.1. The van der Waals surface area contributed by atoms with E-state index in [9.17, 15) is 29.1 Å². The molecule has 2 heterocycles. The molecule has 1 aliphatic heterocycles. The van der Waals surface area contributed by atoms with Crippen LogP contribution in [-0.2, 0) is 20.8 Å². The number of aliphatic carboxylic acids is 1. The van der Waals surface area contributed by atoms with Crippen LogP contribution in [0.25, 0.3) is 10.9 Å². The zero-order valence-corrected chi connectivity index (χ0v) is 22.3. The second-order valence-electron chi connectivity index (χ2n) is 10.8. The monoisotopic (exact) mass is 546 g/mol. The first kappa shape index (κ1) is 27.4. The number of nitrogens with one attached hydrogen (secondary N) is 2. The van der Waals surface area contributed by atoms with Crippen LogP contribution in [-0.4, -0.2) is 56.5 Å². The Balaban J connectivity index is 1.38. The number of fused-ring (bicyclic) bond motifs is 1. The van der Waals surface area contributed by atoms with Gasteiger partial charge in [-0.3, -0.25) is 19.2 Å². The fourth-order valence-corrected chi connectivity index (χ4v) is 6.06. The molecule has 5 rings (SSSR count). The number of benzene rings is 2. The second-order valence-corrected chi connectivity index (χ2v) is 10.8. The van der Waals surface area contributed by atoms with Gasteiger partial charge in [0.15, 0.2) is 0 Å². The summed E-state index contributed by atoms with van der Waals surface area (Å²) in [5.74, 6) is -1.59. The minimum Gasteiger partial charge on any atom is -0.481 e. The quantitative estimate of drug-likeness (QED) is 0.396. The molecule has 40 heavy (non-hydrogen) atoms. The highest BCUT2D eigenvalue weighted by atomic mass is 16.4. The lowest BCUT2D eigenvalue weighted by Gasteiger charge is -2.30. The maximum atomic E-state index is 14.1. The average Bonchev–Trinajstić information content (AvgIpc) is 3.46. The number of rotatable bonds is 8. The number of likely N-dealkylation sites (tertiary alicyclic amines) is 1. The van der Waals surface area contributed by atoms with Gasteiger partial charge in [0, 0.05) is 19.5 Å². The van der Waals surface area contributed by atoms with Crippen LogP contribution in [0.15, 0.2) is 64.2 Å². The van der Waals surface area contributed by atoms with Gasteiger partial charge in [0.05, 0.1) is 16.8 Å². The van der Waals surface area contributed by atoms with Gasteiger partial charge in [0.1, 0.15) is 12.1 Å². The topological polar surface area (TPSA) is 142 Å². The van der Waals surface area contributed by atoms with Crippen molar-refractivity contribution in [3.05, 3.63) is 81.0 Å². The van der Waals surface area contributed by atoms with Gasteiger partial charge in [-0.25, -0.2) is 9.36 Å². The van der Waals surface area contributed by atoms with Gasteiger partial charge >= 0.3 is 11.7 Å². The second kappa shape index (κ2) is 11.9. The summed E-state index contributed by atoms with van der Waals surface area (Å²) in [5, 5.41) is 12.5. The minimum absolute atomic E-state index is 0.124. The van der Waals surface area contributed by atoms with Gasteiger partial charge in [0.25, 0.3) is 5.56 Å². The van der Waals surface area contributed by atoms with Crippen molar-refractivity contribution in [2.75, 3.05) is 13.1 Å². The number of carboxylic acids is 1. The Kier molecular flexibility index (Phi) is 8.14. The number of amides is 2. The first-order chi connectivity index (χ1) is 19.3. The van der Waals surface area contributed by atoms with Crippen molar-refractivity contribution < 1.29 is 19.5 Å². The zero-order chi connectivity index (χ0) is 28.2. The van der Waals surface area contributed by atoms with E-state index in [4.69, 9.17) is 0 Å². The van der Waals surface area contributed by atoms with Crippen molar-refractivity contribution in [1.29, 1.82) is 0 Å². The lowest BCUT2D eigenvalue weighted by atomic mass is 9.82. The van der Waals surface area contributed by atoms with E-state index in [2.05, 4.69) is 10.3 Å². The molecule has 0 bridgehead atoms. The molecule has 2 amide bonds. The highest BCUT2D eigenvalue weighted by Gasteiger charge is 2.39. The summed E-state index contributed by atoms with van der Waals surface area (Å²) in [7, 11) is 0. The number of carbonyl (C=O) groups excluding carboxylic acids is 2. The first-order valence-corrected chi connectivity index (χ1v) is 13.9. The summed E-state index contributed by atoms with van der Waals surface area (Å²) in [6, 6.07) is 14.1. The normalized spacial score (nSPS) is 21.7. The van der Waals surface area contributed by atoms with E-state index in [0.29, 0.717) is 49.7 Å². The molecular weight excluding hydrogens is 512 g/mol. The summed E-state index contributed by atoms with van der Waals surface area (Å²) in [6.07, 6.45) is 3.91. The van der Waals surface area contributed by atoms with Crippen LogP contribution in [0.1, 0.15) is 50.1 Å². The average molecular weight is 547 g/mol. The van der Waals surface area contributed by atoms with Crippen molar-refractivity contribution in [2.24, 2.45) is 11.8 Å². The summed E-state index contributed by atoms with van der Waals surface area (Å²) < 4.78 is 0.992. The third-order valence-corrected chi connectivity index (χ3v) is 8.30. The maximum Gasteiger partial charge on any atom is 0.329 e. The molecule has 210 valence electrons. The standard InChI is InChI=1S/C30H34N4O6/c35-26(31-18-20-12-14-21(15-13-20)29(38)39)24-11-6-16-33(24)28(37)25(17-19-7-2-1-3-8-19)34-27(36)22-9-4-5-10-23(22)32-30(34)40/h1-5,7-10,20-21,24-25H,6,11-18H2,(H,31,35)(H,32,40)(H,38,39). The molecule has 10 nitrogen and oxygen atoms in total. The van der Waals surface area contributed by atoms with Gasteiger partial charge in [-0.05, 0) is 62.1 Å². The summed E-state index contributed by atoms with van der Waals surface area (Å²) in [6.45, 7) is 0.785. The Bertz CT molecular complexity index is 1510. The van der Waals surface area contributed by atoms with Crippen LogP contribution >= 0.6 is 0 Å². The highest BCUT2D eigenvalue weighted by molar-refractivity contribution is 5.90. The van der Waals surface area contributed by atoms with Crippen LogP contribution in [0.2, 0.25) is 0 Å². The number of nitrogens with zero attached hydrogens (tertiary/aromatic N) is 2. The fourth-order valence-electron chi connectivity index (χ4n) is 6.06. The molecule has 1 aliphatic carbocycles. The fraction of sp³-hybridized carbons (Fsp3) is 0.433. The third-order valence-electron chi connectivity index (χ3n) is 8.30. The first-order valence-electron chi connectivity index (χ1n) is 13.9. The van der Waals surface area contributed by atoms with E-state index in [1.807, 2.05) is 30.3 Å². The SMILES string of the molecule is O=C(O)C1CCC(CNC(=O)C2CCCN2C(=O)C(Cc2ccccc2)n2c(=O)[nH]c3ccccc3c2=O)CC1. The van der Waals surface area contributed by atoms with Crippen molar-refractivity contribution in [3.8, 4) is 0 Å².